The molecule has 0 bridgehead atoms. The number of morpholine rings is 1. The molecule has 0 aromatic rings. The van der Waals surface area contributed by atoms with Gasteiger partial charge in [-0.25, -0.2) is 0 Å². The van der Waals surface area contributed by atoms with Gasteiger partial charge in [-0.05, 0) is 12.3 Å². The van der Waals surface area contributed by atoms with E-state index in [2.05, 4.69) is 19.2 Å². The van der Waals surface area contributed by atoms with Gasteiger partial charge in [0, 0.05) is 13.1 Å². The molecule has 4 nitrogen and oxygen atoms in total. The predicted molar refractivity (Wildman–Crippen MR) is 53.2 cm³/mol. The van der Waals surface area contributed by atoms with Crippen LogP contribution in [-0.4, -0.2) is 36.4 Å². The van der Waals surface area contributed by atoms with Gasteiger partial charge in [0.25, 0.3) is 0 Å². The summed E-state index contributed by atoms with van der Waals surface area (Å²) < 4.78 is 5.66. The van der Waals surface area contributed by atoms with E-state index in [1.165, 1.54) is 0 Å². The van der Waals surface area contributed by atoms with E-state index >= 15 is 0 Å². The fraction of sp³-hybridized carbons (Fsp3) is 0.900. The van der Waals surface area contributed by atoms with Crippen molar-refractivity contribution in [1.29, 1.82) is 0 Å². The van der Waals surface area contributed by atoms with Crippen LogP contribution in [0.15, 0.2) is 0 Å². The third-order valence-electron chi connectivity index (χ3n) is 2.27. The van der Waals surface area contributed by atoms with E-state index in [0.29, 0.717) is 12.5 Å². The van der Waals surface area contributed by atoms with E-state index in [1.54, 1.807) is 0 Å². The minimum atomic E-state index is -0.790. The van der Waals surface area contributed by atoms with Gasteiger partial charge >= 0.3 is 5.97 Å². The molecule has 14 heavy (non-hydrogen) atoms. The molecule has 0 saturated carbocycles. The summed E-state index contributed by atoms with van der Waals surface area (Å²) in [5.41, 5.74) is 0. The van der Waals surface area contributed by atoms with Crippen LogP contribution in [0.3, 0.4) is 0 Å². The molecule has 2 atom stereocenters. The van der Waals surface area contributed by atoms with E-state index in [-0.39, 0.29) is 18.6 Å². The third-order valence-corrected chi connectivity index (χ3v) is 2.27. The van der Waals surface area contributed by atoms with Crippen molar-refractivity contribution in [3.63, 3.8) is 0 Å². The molecule has 2 unspecified atom stereocenters. The zero-order chi connectivity index (χ0) is 10.6. The topological polar surface area (TPSA) is 58.6 Å². The number of nitrogens with one attached hydrogen (secondary N) is 1. The minimum Gasteiger partial charge on any atom is -0.481 e. The Labute approximate surface area is 84.6 Å². The van der Waals surface area contributed by atoms with Crippen molar-refractivity contribution in [3.8, 4) is 0 Å². The van der Waals surface area contributed by atoms with Crippen molar-refractivity contribution < 1.29 is 14.6 Å². The number of carbonyl (C=O) groups is 1. The molecule has 1 saturated heterocycles. The molecule has 0 aliphatic carbocycles. The SMILES string of the molecule is CC(C)CC1CNCC(CC(=O)O)O1. The lowest BCUT2D eigenvalue weighted by Gasteiger charge is -2.31. The van der Waals surface area contributed by atoms with Gasteiger partial charge in [-0.3, -0.25) is 4.79 Å². The van der Waals surface area contributed by atoms with Gasteiger partial charge in [0.1, 0.15) is 0 Å². The van der Waals surface area contributed by atoms with Gasteiger partial charge in [-0.2, -0.15) is 0 Å². The Morgan fingerprint density at radius 1 is 1.50 bits per heavy atom. The molecule has 4 heteroatoms. The fourth-order valence-corrected chi connectivity index (χ4v) is 1.75. The highest BCUT2D eigenvalue weighted by molar-refractivity contribution is 5.67. The lowest BCUT2D eigenvalue weighted by atomic mass is 10.0. The zero-order valence-electron chi connectivity index (χ0n) is 8.82. The van der Waals surface area contributed by atoms with Gasteiger partial charge in [-0.1, -0.05) is 13.8 Å². The molecule has 2 N–H and O–H groups in total. The van der Waals surface area contributed by atoms with Crippen LogP contribution in [0.1, 0.15) is 26.7 Å². The molecule has 1 aliphatic heterocycles. The number of rotatable bonds is 4. The Hall–Kier alpha value is -0.610. The van der Waals surface area contributed by atoms with Crippen molar-refractivity contribution in [2.45, 2.75) is 38.9 Å². The van der Waals surface area contributed by atoms with Gasteiger partial charge in [0.05, 0.1) is 18.6 Å². The molecular weight excluding hydrogens is 182 g/mol. The normalized spacial score (nSPS) is 27.9. The molecule has 1 fully saturated rings. The largest absolute Gasteiger partial charge is 0.481 e. The molecule has 0 radical (unpaired) electrons. The van der Waals surface area contributed by atoms with Crippen LogP contribution in [-0.2, 0) is 9.53 Å². The lowest BCUT2D eigenvalue weighted by Crippen LogP contribution is -2.45. The first-order chi connectivity index (χ1) is 6.58. The first kappa shape index (κ1) is 11.5. The van der Waals surface area contributed by atoms with Crippen LogP contribution in [0.25, 0.3) is 0 Å². The Morgan fingerprint density at radius 2 is 2.14 bits per heavy atom. The van der Waals surface area contributed by atoms with Crippen LogP contribution in [0.2, 0.25) is 0 Å². The summed E-state index contributed by atoms with van der Waals surface area (Å²) in [7, 11) is 0. The molecular formula is C10H19NO3. The van der Waals surface area contributed by atoms with Gasteiger partial charge < -0.3 is 15.2 Å². The minimum absolute atomic E-state index is 0.0988. The molecule has 82 valence electrons. The highest BCUT2D eigenvalue weighted by Gasteiger charge is 2.24. The zero-order valence-corrected chi connectivity index (χ0v) is 8.82. The summed E-state index contributed by atoms with van der Waals surface area (Å²) in [6.45, 7) is 5.78. The predicted octanol–water partition coefficient (Wildman–Crippen LogP) is 0.864. The Morgan fingerprint density at radius 3 is 2.71 bits per heavy atom. The van der Waals surface area contributed by atoms with Crippen LogP contribution in [0, 0.1) is 5.92 Å². The summed E-state index contributed by atoms with van der Waals surface area (Å²) in [6.07, 6.45) is 1.10. The second-order valence-electron chi connectivity index (χ2n) is 4.27. The Bertz CT molecular complexity index is 194. The Balaban J connectivity index is 2.32. The maximum atomic E-state index is 10.5. The standard InChI is InChI=1S/C10H19NO3/c1-7(2)3-8-5-11-6-9(14-8)4-10(12)13/h7-9,11H,3-6H2,1-2H3,(H,12,13). The van der Waals surface area contributed by atoms with Crippen LogP contribution in [0.4, 0.5) is 0 Å². The number of ether oxygens (including phenoxy) is 1. The van der Waals surface area contributed by atoms with Crippen molar-refractivity contribution in [2.24, 2.45) is 5.92 Å². The maximum Gasteiger partial charge on any atom is 0.306 e. The van der Waals surface area contributed by atoms with E-state index in [1.807, 2.05) is 0 Å². The molecule has 0 aromatic carbocycles. The van der Waals surface area contributed by atoms with Crippen LogP contribution >= 0.6 is 0 Å². The van der Waals surface area contributed by atoms with Crippen molar-refractivity contribution in [3.05, 3.63) is 0 Å². The molecule has 0 amide bonds. The van der Waals surface area contributed by atoms with Crippen molar-refractivity contribution in [2.75, 3.05) is 13.1 Å². The van der Waals surface area contributed by atoms with Gasteiger partial charge in [0.15, 0.2) is 0 Å². The quantitative estimate of drug-likeness (QED) is 0.708. The smallest absolute Gasteiger partial charge is 0.306 e. The number of hydrogen-bond donors (Lipinski definition) is 2. The van der Waals surface area contributed by atoms with Crippen molar-refractivity contribution >= 4 is 5.97 Å². The van der Waals surface area contributed by atoms with Gasteiger partial charge in [0.2, 0.25) is 0 Å². The van der Waals surface area contributed by atoms with Gasteiger partial charge in [-0.15, -0.1) is 0 Å². The number of hydrogen-bond acceptors (Lipinski definition) is 3. The summed E-state index contributed by atoms with van der Waals surface area (Å²) in [5, 5.41) is 11.8. The maximum absolute atomic E-state index is 10.5. The first-order valence-electron chi connectivity index (χ1n) is 5.16. The summed E-state index contributed by atoms with van der Waals surface area (Å²) in [4.78, 5) is 10.5. The first-order valence-corrected chi connectivity index (χ1v) is 5.16. The van der Waals surface area contributed by atoms with E-state index in [0.717, 1.165) is 13.0 Å². The molecule has 0 spiro atoms. The highest BCUT2D eigenvalue weighted by atomic mass is 16.5. The number of aliphatic carboxylic acids is 1. The van der Waals surface area contributed by atoms with E-state index in [4.69, 9.17) is 9.84 Å². The van der Waals surface area contributed by atoms with Crippen LogP contribution in [0.5, 0.6) is 0 Å². The monoisotopic (exact) mass is 201 g/mol. The van der Waals surface area contributed by atoms with Crippen molar-refractivity contribution in [1.82, 2.24) is 5.32 Å². The second kappa shape index (κ2) is 5.32. The molecule has 1 heterocycles. The van der Waals surface area contributed by atoms with E-state index < -0.39 is 5.97 Å². The average molecular weight is 201 g/mol. The number of carboxylic acids is 1. The molecule has 0 aromatic heterocycles. The highest BCUT2D eigenvalue weighted by Crippen LogP contribution is 2.14. The summed E-state index contributed by atoms with van der Waals surface area (Å²) in [5.74, 6) is -0.202. The third kappa shape index (κ3) is 4.07. The molecule has 1 rings (SSSR count). The second-order valence-corrected chi connectivity index (χ2v) is 4.27. The van der Waals surface area contributed by atoms with E-state index in [9.17, 15) is 4.79 Å². The average Bonchev–Trinajstić information content (AvgIpc) is 2.01. The lowest BCUT2D eigenvalue weighted by molar-refractivity contribution is -0.142. The Kier molecular flexibility index (Phi) is 4.35. The summed E-state index contributed by atoms with van der Waals surface area (Å²) in [6, 6.07) is 0. The number of carboxylic acid groups (broad SMARTS) is 1. The van der Waals surface area contributed by atoms with Crippen LogP contribution < -0.4 is 5.32 Å². The summed E-state index contributed by atoms with van der Waals surface area (Å²) >= 11 is 0. The molecule has 1 aliphatic rings. The fourth-order valence-electron chi connectivity index (χ4n) is 1.75.